The number of benzene rings is 1. The first-order chi connectivity index (χ1) is 9.86. The van der Waals surface area contributed by atoms with Gasteiger partial charge in [-0.1, -0.05) is 6.07 Å². The second-order valence-corrected chi connectivity index (χ2v) is 5.26. The van der Waals surface area contributed by atoms with Crippen molar-refractivity contribution in [3.8, 4) is 0 Å². The molecular formula is C14H17N5OS. The van der Waals surface area contributed by atoms with Gasteiger partial charge < -0.3 is 16.4 Å². The van der Waals surface area contributed by atoms with Crippen LogP contribution in [0.15, 0.2) is 24.4 Å². The summed E-state index contributed by atoms with van der Waals surface area (Å²) in [5, 5.41) is 10.4. The molecule has 1 heterocycles. The van der Waals surface area contributed by atoms with Crippen LogP contribution < -0.4 is 16.4 Å². The Morgan fingerprint density at radius 1 is 1.24 bits per heavy atom. The van der Waals surface area contributed by atoms with Crippen molar-refractivity contribution in [2.45, 2.75) is 13.8 Å². The molecule has 0 spiro atoms. The van der Waals surface area contributed by atoms with Gasteiger partial charge in [-0.15, -0.1) is 0 Å². The van der Waals surface area contributed by atoms with Crippen LogP contribution in [0.25, 0.3) is 0 Å². The Hall–Kier alpha value is -2.41. The highest BCUT2D eigenvalue weighted by molar-refractivity contribution is 7.80. The Bertz CT molecular complexity index is 687. The summed E-state index contributed by atoms with van der Waals surface area (Å²) in [6.45, 7) is 4.03. The molecule has 0 atom stereocenters. The van der Waals surface area contributed by atoms with Crippen molar-refractivity contribution in [3.05, 3.63) is 41.2 Å². The predicted molar refractivity (Wildman–Crippen MR) is 87.5 cm³/mol. The maximum Gasteiger partial charge on any atom is 0.269 e. The number of rotatable bonds is 3. The fraction of sp³-hybridized carbons (Fsp3) is 0.214. The van der Waals surface area contributed by atoms with Crippen LogP contribution in [-0.2, 0) is 7.05 Å². The lowest BCUT2D eigenvalue weighted by molar-refractivity contribution is 0.0992. The summed E-state index contributed by atoms with van der Waals surface area (Å²) in [6.07, 6.45) is 1.51. The number of nitrogens with one attached hydrogen (secondary N) is 2. The molecule has 2 aromatic rings. The summed E-state index contributed by atoms with van der Waals surface area (Å²) in [7, 11) is 1.64. The van der Waals surface area contributed by atoms with Crippen molar-refractivity contribution < 1.29 is 4.79 Å². The number of aromatic nitrogens is 2. The molecule has 0 saturated carbocycles. The number of hydrogen-bond donors (Lipinski definition) is 3. The van der Waals surface area contributed by atoms with E-state index in [9.17, 15) is 4.79 Å². The van der Waals surface area contributed by atoms with Gasteiger partial charge in [-0.25, -0.2) is 0 Å². The van der Waals surface area contributed by atoms with E-state index in [4.69, 9.17) is 18.0 Å². The van der Waals surface area contributed by atoms with Crippen LogP contribution in [0.2, 0.25) is 0 Å². The molecule has 0 fully saturated rings. The third-order valence-corrected chi connectivity index (χ3v) is 3.10. The van der Waals surface area contributed by atoms with Gasteiger partial charge in [0.1, 0.15) is 5.69 Å². The van der Waals surface area contributed by atoms with Gasteiger partial charge in [-0.05, 0) is 49.3 Å². The second kappa shape index (κ2) is 5.92. The lowest BCUT2D eigenvalue weighted by Crippen LogP contribution is -2.23. The van der Waals surface area contributed by atoms with E-state index in [0.717, 1.165) is 16.8 Å². The number of thiocarbonyl (C=S) groups is 1. The van der Waals surface area contributed by atoms with Gasteiger partial charge in [-0.2, -0.15) is 5.10 Å². The predicted octanol–water partition coefficient (Wildman–Crippen LogP) is 1.94. The molecule has 7 heteroatoms. The minimum absolute atomic E-state index is 0.277. The van der Waals surface area contributed by atoms with E-state index in [1.54, 1.807) is 7.05 Å². The summed E-state index contributed by atoms with van der Waals surface area (Å²) in [5.74, 6) is -0.563. The van der Waals surface area contributed by atoms with E-state index in [1.165, 1.54) is 10.9 Å². The summed E-state index contributed by atoms with van der Waals surface area (Å²) >= 11 is 5.25. The third kappa shape index (κ3) is 3.57. The maximum absolute atomic E-state index is 11.4. The van der Waals surface area contributed by atoms with Crippen molar-refractivity contribution in [2.24, 2.45) is 12.8 Å². The van der Waals surface area contributed by atoms with E-state index >= 15 is 0 Å². The van der Waals surface area contributed by atoms with E-state index < -0.39 is 5.91 Å². The molecule has 21 heavy (non-hydrogen) atoms. The average Bonchev–Trinajstić information content (AvgIpc) is 2.68. The number of carbonyl (C=O) groups excluding carboxylic acids is 1. The van der Waals surface area contributed by atoms with Gasteiger partial charge >= 0.3 is 0 Å². The summed E-state index contributed by atoms with van der Waals surface area (Å²) in [5.41, 5.74) is 9.24. The zero-order chi connectivity index (χ0) is 15.6. The number of anilines is 2. The standard InChI is InChI=1S/C14H17N5OS/c1-8-4-9(2)6-10(5-8)17-14(21)18-11-7-16-19(3)12(11)13(15)20/h4-7H,1-3H3,(H2,15,20)(H2,17,18,21). The maximum atomic E-state index is 11.4. The Balaban J connectivity index is 2.14. The minimum Gasteiger partial charge on any atom is -0.364 e. The first-order valence-electron chi connectivity index (χ1n) is 6.35. The van der Waals surface area contributed by atoms with Gasteiger partial charge in [-0.3, -0.25) is 9.48 Å². The number of nitrogens with zero attached hydrogens (tertiary/aromatic N) is 2. The number of amides is 1. The lowest BCUT2D eigenvalue weighted by Gasteiger charge is -2.11. The number of carbonyl (C=O) groups is 1. The van der Waals surface area contributed by atoms with E-state index in [1.807, 2.05) is 26.0 Å². The molecule has 1 aromatic heterocycles. The van der Waals surface area contributed by atoms with Gasteiger partial charge in [0.15, 0.2) is 5.11 Å². The molecule has 4 N–H and O–H groups in total. The van der Waals surface area contributed by atoms with Gasteiger partial charge in [0.05, 0.1) is 11.9 Å². The Morgan fingerprint density at radius 3 is 2.43 bits per heavy atom. The van der Waals surface area contributed by atoms with Gasteiger partial charge in [0.25, 0.3) is 5.91 Å². The number of nitrogens with two attached hydrogens (primary N) is 1. The molecule has 0 radical (unpaired) electrons. The van der Waals surface area contributed by atoms with Gasteiger partial charge in [0, 0.05) is 12.7 Å². The van der Waals surface area contributed by atoms with Gasteiger partial charge in [0.2, 0.25) is 0 Å². The molecule has 0 bridgehead atoms. The molecular weight excluding hydrogens is 286 g/mol. The van der Waals surface area contributed by atoms with Crippen molar-refractivity contribution >= 4 is 34.6 Å². The van der Waals surface area contributed by atoms with Crippen LogP contribution >= 0.6 is 12.2 Å². The first kappa shape index (κ1) is 15.0. The van der Waals surface area contributed by atoms with E-state index in [-0.39, 0.29) is 5.69 Å². The number of hydrogen-bond acceptors (Lipinski definition) is 3. The molecule has 1 aromatic carbocycles. The molecule has 110 valence electrons. The van der Waals surface area contributed by atoms with Crippen molar-refractivity contribution in [1.82, 2.24) is 9.78 Å². The molecule has 0 aliphatic heterocycles. The summed E-state index contributed by atoms with van der Waals surface area (Å²) < 4.78 is 1.41. The molecule has 0 unspecified atom stereocenters. The van der Waals surface area contributed by atoms with Crippen LogP contribution in [0.4, 0.5) is 11.4 Å². The van der Waals surface area contributed by atoms with Crippen LogP contribution in [0, 0.1) is 13.8 Å². The topological polar surface area (TPSA) is 85.0 Å². The molecule has 0 aliphatic carbocycles. The van der Waals surface area contributed by atoms with Crippen molar-refractivity contribution in [3.63, 3.8) is 0 Å². The quantitative estimate of drug-likeness (QED) is 0.755. The smallest absolute Gasteiger partial charge is 0.269 e. The highest BCUT2D eigenvalue weighted by Gasteiger charge is 2.14. The molecule has 0 aliphatic rings. The number of primary amides is 1. The van der Waals surface area contributed by atoms with Crippen molar-refractivity contribution in [1.29, 1.82) is 0 Å². The van der Waals surface area contributed by atoms with E-state index in [0.29, 0.717) is 10.8 Å². The molecule has 6 nitrogen and oxygen atoms in total. The molecule has 0 saturated heterocycles. The van der Waals surface area contributed by atoms with Crippen LogP contribution in [0.1, 0.15) is 21.6 Å². The van der Waals surface area contributed by atoms with Crippen molar-refractivity contribution in [2.75, 3.05) is 10.6 Å². The third-order valence-electron chi connectivity index (χ3n) is 2.90. The highest BCUT2D eigenvalue weighted by Crippen LogP contribution is 2.16. The minimum atomic E-state index is -0.563. The Morgan fingerprint density at radius 2 is 1.86 bits per heavy atom. The molecule has 2 rings (SSSR count). The van der Waals surface area contributed by atoms with Crippen LogP contribution in [-0.4, -0.2) is 20.8 Å². The fourth-order valence-corrected chi connectivity index (χ4v) is 2.38. The SMILES string of the molecule is Cc1cc(C)cc(NC(=S)Nc2cnn(C)c2C(N)=O)c1. The Kier molecular flexibility index (Phi) is 4.23. The van der Waals surface area contributed by atoms with Crippen LogP contribution in [0.3, 0.4) is 0 Å². The number of aryl methyl sites for hydroxylation is 3. The fourth-order valence-electron chi connectivity index (χ4n) is 2.15. The second-order valence-electron chi connectivity index (χ2n) is 4.85. The van der Waals surface area contributed by atoms with E-state index in [2.05, 4.69) is 21.8 Å². The first-order valence-corrected chi connectivity index (χ1v) is 6.75. The zero-order valence-corrected chi connectivity index (χ0v) is 12.9. The zero-order valence-electron chi connectivity index (χ0n) is 12.1. The monoisotopic (exact) mass is 303 g/mol. The lowest BCUT2D eigenvalue weighted by atomic mass is 10.1. The van der Waals surface area contributed by atoms with Crippen LogP contribution in [0.5, 0.6) is 0 Å². The average molecular weight is 303 g/mol. The summed E-state index contributed by atoms with van der Waals surface area (Å²) in [4.78, 5) is 11.4. The highest BCUT2D eigenvalue weighted by atomic mass is 32.1. The Labute approximate surface area is 128 Å². The largest absolute Gasteiger partial charge is 0.364 e. The normalized spacial score (nSPS) is 10.2. The molecule has 1 amide bonds. The summed E-state index contributed by atoms with van der Waals surface area (Å²) in [6, 6.07) is 6.05.